The van der Waals surface area contributed by atoms with E-state index in [9.17, 15) is 0 Å². The van der Waals surface area contributed by atoms with Crippen molar-refractivity contribution in [3.05, 3.63) is 42.1 Å². The number of anilines is 1. The number of pyridine rings is 1. The van der Waals surface area contributed by atoms with Crippen molar-refractivity contribution in [1.82, 2.24) is 29.9 Å². The molecule has 4 rings (SSSR count). The van der Waals surface area contributed by atoms with E-state index in [-0.39, 0.29) is 6.10 Å². The van der Waals surface area contributed by atoms with Crippen LogP contribution in [0.15, 0.2) is 30.7 Å². The van der Waals surface area contributed by atoms with Crippen LogP contribution in [0.2, 0.25) is 0 Å². The Labute approximate surface area is 162 Å². The van der Waals surface area contributed by atoms with E-state index < -0.39 is 0 Å². The second-order valence-corrected chi connectivity index (χ2v) is 6.81. The predicted octanol–water partition coefficient (Wildman–Crippen LogP) is 1.32. The summed E-state index contributed by atoms with van der Waals surface area (Å²) in [4.78, 5) is 4.46. The number of nitrogens with one attached hydrogen (secondary N) is 2. The van der Waals surface area contributed by atoms with Gasteiger partial charge in [0, 0.05) is 49.4 Å². The van der Waals surface area contributed by atoms with E-state index in [0.717, 1.165) is 29.1 Å². The summed E-state index contributed by atoms with van der Waals surface area (Å²) in [5, 5.41) is 24.1. The van der Waals surface area contributed by atoms with Gasteiger partial charge < -0.3 is 15.4 Å². The first-order valence-electron chi connectivity index (χ1n) is 9.17. The minimum Gasteiger partial charge on any atom is -0.470 e. The molecule has 9 nitrogen and oxygen atoms in total. The molecule has 3 aromatic heterocycles. The molecule has 0 aromatic carbocycles. The molecule has 0 bridgehead atoms. The number of nitrogens with zero attached hydrogens (tertiary/aromatic N) is 6. The Hall–Kier alpha value is -3.38. The van der Waals surface area contributed by atoms with Crippen molar-refractivity contribution in [2.45, 2.75) is 19.6 Å². The van der Waals surface area contributed by atoms with Gasteiger partial charge in [0.1, 0.15) is 12.2 Å². The Bertz CT molecular complexity index is 1020. The van der Waals surface area contributed by atoms with Gasteiger partial charge in [0.25, 0.3) is 0 Å². The summed E-state index contributed by atoms with van der Waals surface area (Å²) >= 11 is 0. The highest BCUT2D eigenvalue weighted by Gasteiger charge is 2.21. The standard InChI is InChI=1S/C19H22N8O/c1-13-5-16(7-20)25-27(13)4-3-21-10-17-11-22-18-6-14(8-23-19(18)28-17)15-9-24-26(2)12-15/h5-6,8-9,12,17,21-22H,3-4,10-11H2,1-2H3. The third-order valence-corrected chi connectivity index (χ3v) is 4.66. The summed E-state index contributed by atoms with van der Waals surface area (Å²) in [6.45, 7) is 4.80. The molecule has 1 aliphatic rings. The average Bonchev–Trinajstić information content (AvgIpc) is 3.30. The molecular formula is C19H22N8O. The van der Waals surface area contributed by atoms with Gasteiger partial charge in [-0.25, -0.2) is 4.98 Å². The minimum atomic E-state index is -0.00219. The number of nitriles is 1. The lowest BCUT2D eigenvalue weighted by Gasteiger charge is -2.27. The van der Waals surface area contributed by atoms with Gasteiger partial charge in [0.05, 0.1) is 25.0 Å². The normalized spacial score (nSPS) is 15.4. The van der Waals surface area contributed by atoms with Gasteiger partial charge in [-0.2, -0.15) is 15.5 Å². The van der Waals surface area contributed by atoms with E-state index in [0.29, 0.717) is 31.2 Å². The van der Waals surface area contributed by atoms with Crippen molar-refractivity contribution in [2.75, 3.05) is 25.0 Å². The molecule has 1 aliphatic heterocycles. The van der Waals surface area contributed by atoms with E-state index >= 15 is 0 Å². The van der Waals surface area contributed by atoms with Gasteiger partial charge in [-0.1, -0.05) is 0 Å². The van der Waals surface area contributed by atoms with Crippen molar-refractivity contribution in [1.29, 1.82) is 5.26 Å². The van der Waals surface area contributed by atoms with Crippen LogP contribution in [-0.2, 0) is 13.6 Å². The first-order valence-corrected chi connectivity index (χ1v) is 9.17. The number of ether oxygens (including phenoxy) is 1. The topological polar surface area (TPSA) is 106 Å². The van der Waals surface area contributed by atoms with Gasteiger partial charge >= 0.3 is 0 Å². The van der Waals surface area contributed by atoms with E-state index in [1.807, 2.05) is 37.1 Å². The van der Waals surface area contributed by atoms with Gasteiger partial charge in [-0.3, -0.25) is 9.36 Å². The number of fused-ring (bicyclic) bond motifs is 1. The van der Waals surface area contributed by atoms with Crippen molar-refractivity contribution in [3.8, 4) is 23.1 Å². The third kappa shape index (κ3) is 3.82. The van der Waals surface area contributed by atoms with Crippen LogP contribution in [0.5, 0.6) is 5.88 Å². The summed E-state index contributed by atoms with van der Waals surface area (Å²) in [6.07, 6.45) is 5.58. The Kier molecular flexibility index (Phi) is 4.95. The lowest BCUT2D eigenvalue weighted by atomic mass is 10.1. The quantitative estimate of drug-likeness (QED) is 0.623. The van der Waals surface area contributed by atoms with E-state index in [2.05, 4.69) is 31.9 Å². The maximum atomic E-state index is 8.91. The molecule has 0 amide bonds. The minimum absolute atomic E-state index is 0.00219. The van der Waals surface area contributed by atoms with Crippen molar-refractivity contribution < 1.29 is 4.74 Å². The molecule has 0 aliphatic carbocycles. The molecule has 3 aromatic rings. The SMILES string of the molecule is Cc1cc(C#N)nn1CCNCC1CNc2cc(-c3cnn(C)c3)cnc2O1. The molecule has 0 fully saturated rings. The maximum Gasteiger partial charge on any atom is 0.237 e. The van der Waals surface area contributed by atoms with E-state index in [1.165, 1.54) is 0 Å². The molecule has 1 atom stereocenters. The Morgan fingerprint density at radius 3 is 3.00 bits per heavy atom. The van der Waals surface area contributed by atoms with Crippen LogP contribution in [0.3, 0.4) is 0 Å². The van der Waals surface area contributed by atoms with Crippen LogP contribution < -0.4 is 15.4 Å². The molecule has 144 valence electrons. The molecule has 0 saturated carbocycles. The van der Waals surface area contributed by atoms with Gasteiger partial charge in [-0.15, -0.1) is 0 Å². The van der Waals surface area contributed by atoms with Gasteiger partial charge in [0.2, 0.25) is 5.88 Å². The highest BCUT2D eigenvalue weighted by Crippen LogP contribution is 2.30. The van der Waals surface area contributed by atoms with Crippen LogP contribution in [0, 0.1) is 18.3 Å². The molecule has 2 N–H and O–H groups in total. The van der Waals surface area contributed by atoms with Crippen LogP contribution >= 0.6 is 0 Å². The second-order valence-electron chi connectivity index (χ2n) is 6.81. The van der Waals surface area contributed by atoms with Gasteiger partial charge in [0.15, 0.2) is 5.69 Å². The Balaban J connectivity index is 1.29. The zero-order valence-corrected chi connectivity index (χ0v) is 15.9. The van der Waals surface area contributed by atoms with Crippen LogP contribution in [-0.4, -0.2) is 50.3 Å². The summed E-state index contributed by atoms with van der Waals surface area (Å²) < 4.78 is 9.61. The predicted molar refractivity (Wildman–Crippen MR) is 104 cm³/mol. The maximum absolute atomic E-state index is 8.91. The van der Waals surface area contributed by atoms with Crippen molar-refractivity contribution in [3.63, 3.8) is 0 Å². The highest BCUT2D eigenvalue weighted by molar-refractivity contribution is 5.69. The molecular weight excluding hydrogens is 356 g/mol. The Morgan fingerprint density at radius 1 is 1.36 bits per heavy atom. The highest BCUT2D eigenvalue weighted by atomic mass is 16.5. The van der Waals surface area contributed by atoms with Crippen LogP contribution in [0.1, 0.15) is 11.4 Å². The molecule has 0 spiro atoms. The zero-order valence-electron chi connectivity index (χ0n) is 15.9. The largest absolute Gasteiger partial charge is 0.470 e. The summed E-state index contributed by atoms with van der Waals surface area (Å²) in [6, 6.07) is 5.89. The fourth-order valence-electron chi connectivity index (χ4n) is 3.18. The van der Waals surface area contributed by atoms with E-state index in [1.54, 1.807) is 16.9 Å². The first-order chi connectivity index (χ1) is 13.6. The Morgan fingerprint density at radius 2 is 2.25 bits per heavy atom. The number of hydrogen-bond acceptors (Lipinski definition) is 7. The molecule has 0 saturated heterocycles. The van der Waals surface area contributed by atoms with E-state index in [4.69, 9.17) is 10.00 Å². The number of aryl methyl sites for hydroxylation is 2. The summed E-state index contributed by atoms with van der Waals surface area (Å²) in [5.41, 5.74) is 4.36. The summed E-state index contributed by atoms with van der Waals surface area (Å²) in [5.74, 6) is 0.618. The second kappa shape index (κ2) is 7.70. The monoisotopic (exact) mass is 378 g/mol. The summed E-state index contributed by atoms with van der Waals surface area (Å²) in [7, 11) is 1.89. The molecule has 1 unspecified atom stereocenters. The smallest absolute Gasteiger partial charge is 0.237 e. The van der Waals surface area contributed by atoms with Crippen molar-refractivity contribution >= 4 is 5.69 Å². The third-order valence-electron chi connectivity index (χ3n) is 4.66. The molecule has 0 radical (unpaired) electrons. The number of hydrogen-bond donors (Lipinski definition) is 2. The fraction of sp³-hybridized carbons (Fsp3) is 0.368. The zero-order chi connectivity index (χ0) is 19.5. The lowest BCUT2D eigenvalue weighted by molar-refractivity contribution is 0.193. The number of aromatic nitrogens is 5. The van der Waals surface area contributed by atoms with Gasteiger partial charge in [-0.05, 0) is 19.1 Å². The molecule has 4 heterocycles. The lowest BCUT2D eigenvalue weighted by Crippen LogP contribution is -2.40. The number of rotatable bonds is 6. The van der Waals surface area contributed by atoms with Crippen LogP contribution in [0.4, 0.5) is 5.69 Å². The first kappa shape index (κ1) is 18.0. The van der Waals surface area contributed by atoms with Crippen LogP contribution in [0.25, 0.3) is 11.1 Å². The fourth-order valence-corrected chi connectivity index (χ4v) is 3.18. The molecule has 9 heteroatoms. The average molecular weight is 378 g/mol. The van der Waals surface area contributed by atoms with Crippen molar-refractivity contribution in [2.24, 2.45) is 7.05 Å². The molecule has 28 heavy (non-hydrogen) atoms.